The second-order valence-corrected chi connectivity index (χ2v) is 8.12. The fourth-order valence-corrected chi connectivity index (χ4v) is 3.18. The number of ether oxygens (including phenoxy) is 2. The number of hydrogen-bond donors (Lipinski definition) is 0. The molecule has 0 N–H and O–H groups in total. The highest BCUT2D eigenvalue weighted by Gasteiger charge is 2.76. The van der Waals surface area contributed by atoms with E-state index in [1.165, 1.54) is 0 Å². The van der Waals surface area contributed by atoms with E-state index >= 15 is 0 Å². The van der Waals surface area contributed by atoms with Gasteiger partial charge >= 0.3 is 60.3 Å². The summed E-state index contributed by atoms with van der Waals surface area (Å²) < 4.78 is 215. The first-order chi connectivity index (χ1) is 16.9. The summed E-state index contributed by atoms with van der Waals surface area (Å²) in [5, 5.41) is 0. The molecule has 0 bridgehead atoms. The van der Waals surface area contributed by atoms with Gasteiger partial charge in [0.2, 0.25) is 0 Å². The maximum absolute atomic E-state index is 13.6. The fraction of sp³-hybridized carbons (Fsp3) is 0.889. The second-order valence-electron chi connectivity index (χ2n) is 8.12. The molecule has 224 valence electrons. The van der Waals surface area contributed by atoms with Crippen LogP contribution >= 0.6 is 0 Å². The van der Waals surface area contributed by atoms with Crippen LogP contribution in [-0.2, 0) is 19.1 Å². The van der Waals surface area contributed by atoms with Crippen molar-refractivity contribution in [3.8, 4) is 0 Å². The number of carbonyl (C=O) groups is 2. The minimum atomic E-state index is -6.75. The Morgan fingerprint density at radius 3 is 1.08 bits per heavy atom. The standard InChI is InChI=1S/C18H16F16O4/c19-11(20)15(27,28)17(31,32)13(23,24)5-37-9(35)7-3-1-2-4-8(7)10(36)38-6-14(25,26)18(33,34)16(29,30)12(21)22/h7-8,11-12H,1-6H2. The van der Waals surface area contributed by atoms with Crippen molar-refractivity contribution in [2.75, 3.05) is 13.2 Å². The maximum atomic E-state index is 13.6. The van der Waals surface area contributed by atoms with Gasteiger partial charge in [0, 0.05) is 0 Å². The Bertz CT molecular complexity index is 776. The molecule has 38 heavy (non-hydrogen) atoms. The van der Waals surface area contributed by atoms with Crippen molar-refractivity contribution in [3.63, 3.8) is 0 Å². The predicted molar refractivity (Wildman–Crippen MR) is 89.1 cm³/mol. The Kier molecular flexibility index (Phi) is 9.91. The molecule has 0 amide bonds. The first kappa shape index (κ1) is 33.8. The van der Waals surface area contributed by atoms with E-state index in [-0.39, 0.29) is 12.8 Å². The van der Waals surface area contributed by atoms with E-state index in [0.717, 1.165) is 0 Å². The van der Waals surface area contributed by atoms with E-state index in [2.05, 4.69) is 9.47 Å². The lowest BCUT2D eigenvalue weighted by Crippen LogP contribution is -2.59. The van der Waals surface area contributed by atoms with Crippen molar-refractivity contribution >= 4 is 11.9 Å². The van der Waals surface area contributed by atoms with Gasteiger partial charge in [-0.2, -0.15) is 52.7 Å². The van der Waals surface area contributed by atoms with Gasteiger partial charge in [0.05, 0.1) is 11.8 Å². The van der Waals surface area contributed by atoms with Gasteiger partial charge in [-0.05, 0) is 12.8 Å². The van der Waals surface area contributed by atoms with Gasteiger partial charge in [0.15, 0.2) is 13.2 Å². The van der Waals surface area contributed by atoms with Crippen LogP contribution in [-0.4, -0.2) is 73.5 Å². The molecule has 2 unspecified atom stereocenters. The number of hydrogen-bond acceptors (Lipinski definition) is 4. The average Bonchev–Trinajstić information content (AvgIpc) is 2.80. The van der Waals surface area contributed by atoms with Crippen LogP contribution in [0.1, 0.15) is 25.7 Å². The number of halogens is 16. The molecule has 0 aromatic carbocycles. The molecule has 1 aliphatic carbocycles. The second kappa shape index (κ2) is 11.1. The van der Waals surface area contributed by atoms with E-state index < -0.39 is 98.2 Å². The SMILES string of the molecule is O=C(OCC(F)(F)C(F)(F)C(F)(F)C(F)F)C1CCCCC1C(=O)OCC(F)(F)C(F)(F)C(F)(F)C(F)F. The number of alkyl halides is 16. The summed E-state index contributed by atoms with van der Waals surface area (Å²) in [7, 11) is 0. The zero-order valence-electron chi connectivity index (χ0n) is 18.2. The van der Waals surface area contributed by atoms with E-state index in [0.29, 0.717) is 0 Å². The normalized spacial score (nSPS) is 20.6. The zero-order chi connectivity index (χ0) is 30.1. The Morgan fingerprint density at radius 1 is 0.579 bits per heavy atom. The molecule has 0 aliphatic heterocycles. The van der Waals surface area contributed by atoms with Crippen molar-refractivity contribution in [1.82, 2.24) is 0 Å². The molecule has 20 heteroatoms. The molecular weight excluding hydrogens is 584 g/mol. The van der Waals surface area contributed by atoms with Crippen LogP contribution < -0.4 is 0 Å². The first-order valence-electron chi connectivity index (χ1n) is 10.0. The quantitative estimate of drug-likeness (QED) is 0.197. The van der Waals surface area contributed by atoms with Crippen LogP contribution in [0.25, 0.3) is 0 Å². The molecule has 1 fully saturated rings. The summed E-state index contributed by atoms with van der Waals surface area (Å²) in [5.41, 5.74) is 0. The molecule has 0 saturated heterocycles. The van der Waals surface area contributed by atoms with Crippen molar-refractivity contribution < 1.29 is 89.3 Å². The Hall–Kier alpha value is -2.18. The Morgan fingerprint density at radius 2 is 0.842 bits per heavy atom. The number of rotatable bonds is 12. The molecule has 1 saturated carbocycles. The fourth-order valence-electron chi connectivity index (χ4n) is 3.18. The number of esters is 2. The molecular formula is C18H16F16O4. The predicted octanol–water partition coefficient (Wildman–Crippen LogP) is 6.22. The van der Waals surface area contributed by atoms with Gasteiger partial charge in [0.25, 0.3) is 0 Å². The van der Waals surface area contributed by atoms with E-state index in [1.54, 1.807) is 0 Å². The van der Waals surface area contributed by atoms with Gasteiger partial charge in [-0.1, -0.05) is 12.8 Å². The highest BCUT2D eigenvalue weighted by Crippen LogP contribution is 2.50. The van der Waals surface area contributed by atoms with Crippen LogP contribution in [0.15, 0.2) is 0 Å². The average molecular weight is 600 g/mol. The molecule has 0 heterocycles. The topological polar surface area (TPSA) is 52.6 Å². The summed E-state index contributed by atoms with van der Waals surface area (Å²) in [6, 6.07) is 0. The van der Waals surface area contributed by atoms with Gasteiger partial charge < -0.3 is 9.47 Å². The van der Waals surface area contributed by atoms with Gasteiger partial charge in [0.1, 0.15) is 0 Å². The van der Waals surface area contributed by atoms with Gasteiger partial charge in [-0.3, -0.25) is 9.59 Å². The zero-order valence-corrected chi connectivity index (χ0v) is 18.2. The van der Waals surface area contributed by atoms with E-state index in [4.69, 9.17) is 0 Å². The third kappa shape index (κ3) is 6.17. The van der Waals surface area contributed by atoms with Crippen LogP contribution in [0.5, 0.6) is 0 Å². The lowest BCUT2D eigenvalue weighted by Gasteiger charge is -2.34. The summed E-state index contributed by atoms with van der Waals surface area (Å²) >= 11 is 0. The van der Waals surface area contributed by atoms with Gasteiger partial charge in [-0.15, -0.1) is 0 Å². The van der Waals surface area contributed by atoms with Crippen LogP contribution in [0.4, 0.5) is 70.2 Å². The van der Waals surface area contributed by atoms with Gasteiger partial charge in [-0.25, -0.2) is 17.6 Å². The van der Waals surface area contributed by atoms with Crippen molar-refractivity contribution in [1.29, 1.82) is 0 Å². The highest BCUT2D eigenvalue weighted by atomic mass is 19.4. The molecule has 0 aromatic rings. The van der Waals surface area contributed by atoms with Crippen molar-refractivity contribution in [2.24, 2.45) is 11.8 Å². The monoisotopic (exact) mass is 600 g/mol. The third-order valence-electron chi connectivity index (χ3n) is 5.47. The third-order valence-corrected chi connectivity index (χ3v) is 5.47. The minimum Gasteiger partial charge on any atom is -0.459 e. The lowest BCUT2D eigenvalue weighted by atomic mass is 9.79. The molecule has 0 radical (unpaired) electrons. The molecule has 1 aliphatic rings. The van der Waals surface area contributed by atoms with Crippen molar-refractivity contribution in [2.45, 2.75) is 74.1 Å². The Balaban J connectivity index is 2.97. The van der Waals surface area contributed by atoms with E-state index in [9.17, 15) is 79.8 Å². The van der Waals surface area contributed by atoms with Crippen LogP contribution in [0.3, 0.4) is 0 Å². The molecule has 4 nitrogen and oxygen atoms in total. The maximum Gasteiger partial charge on any atom is 0.381 e. The van der Waals surface area contributed by atoms with Crippen LogP contribution in [0, 0.1) is 11.8 Å². The van der Waals surface area contributed by atoms with Crippen LogP contribution in [0.2, 0.25) is 0 Å². The lowest BCUT2D eigenvalue weighted by molar-refractivity contribution is -0.344. The van der Waals surface area contributed by atoms with Crippen molar-refractivity contribution in [3.05, 3.63) is 0 Å². The highest BCUT2D eigenvalue weighted by molar-refractivity contribution is 5.82. The summed E-state index contributed by atoms with van der Waals surface area (Å²) in [6.45, 7) is -5.85. The smallest absolute Gasteiger partial charge is 0.381 e. The van der Waals surface area contributed by atoms with E-state index in [1.807, 2.05) is 0 Å². The number of carbonyl (C=O) groups excluding carboxylic acids is 2. The molecule has 0 spiro atoms. The summed E-state index contributed by atoms with van der Waals surface area (Å²) in [6.07, 6.45) is -11.8. The summed E-state index contributed by atoms with van der Waals surface area (Å²) in [5.74, 6) is -47.0. The largest absolute Gasteiger partial charge is 0.459 e. The molecule has 0 aromatic heterocycles. The summed E-state index contributed by atoms with van der Waals surface area (Å²) in [4.78, 5) is 24.1. The molecule has 2 atom stereocenters. The Labute approximate surface area is 201 Å². The molecule has 1 rings (SSSR count). The minimum absolute atomic E-state index is 0.0611. The first-order valence-corrected chi connectivity index (χ1v) is 10.0.